The Morgan fingerprint density at radius 1 is 1.29 bits per heavy atom. The zero-order valence-corrected chi connectivity index (χ0v) is 14.9. The van der Waals surface area contributed by atoms with Crippen molar-refractivity contribution in [1.29, 1.82) is 0 Å². The number of aryl methyl sites for hydroxylation is 1. The summed E-state index contributed by atoms with van der Waals surface area (Å²) in [6.07, 6.45) is 2.69. The average molecular weight is 356 g/mol. The van der Waals surface area contributed by atoms with Crippen LogP contribution in [0.4, 0.5) is 0 Å². The molecule has 2 aliphatic rings. The fraction of sp³-hybridized carbons (Fsp3) is 0.733. The van der Waals surface area contributed by atoms with Crippen molar-refractivity contribution >= 4 is 10.0 Å². The van der Waals surface area contributed by atoms with E-state index in [1.165, 1.54) is 12.3 Å². The largest absolute Gasteiger partial charge is 0.369 e. The van der Waals surface area contributed by atoms with Crippen molar-refractivity contribution < 1.29 is 13.2 Å². The Morgan fingerprint density at radius 2 is 2.00 bits per heavy atom. The van der Waals surface area contributed by atoms with Gasteiger partial charge in [-0.2, -0.15) is 0 Å². The van der Waals surface area contributed by atoms with Gasteiger partial charge in [0.05, 0.1) is 18.6 Å². The molecule has 1 aromatic rings. The highest BCUT2D eigenvalue weighted by molar-refractivity contribution is 7.88. The number of hydrogen-bond acceptors (Lipinski definition) is 6. The van der Waals surface area contributed by atoms with Gasteiger partial charge in [-0.25, -0.2) is 17.7 Å². The molecular weight excluding hydrogens is 332 g/mol. The predicted octanol–water partition coefficient (Wildman–Crippen LogP) is -0.124. The van der Waals surface area contributed by atoms with Crippen molar-refractivity contribution in [1.82, 2.24) is 19.2 Å². The Morgan fingerprint density at radius 3 is 2.62 bits per heavy atom. The number of aromatic nitrogens is 2. The summed E-state index contributed by atoms with van der Waals surface area (Å²) in [6.45, 7) is 4.97. The second-order valence-electron chi connectivity index (χ2n) is 6.50. The molecular formula is C15H24N4O4S. The summed E-state index contributed by atoms with van der Waals surface area (Å²) < 4.78 is 30.6. The van der Waals surface area contributed by atoms with Gasteiger partial charge < -0.3 is 9.72 Å². The van der Waals surface area contributed by atoms with Crippen molar-refractivity contribution in [3.05, 3.63) is 27.9 Å². The van der Waals surface area contributed by atoms with Gasteiger partial charge in [0.25, 0.3) is 5.56 Å². The average Bonchev–Trinajstić information content (AvgIpc) is 2.53. The summed E-state index contributed by atoms with van der Waals surface area (Å²) in [5, 5.41) is 0. The van der Waals surface area contributed by atoms with Gasteiger partial charge >= 0.3 is 0 Å². The first kappa shape index (κ1) is 17.5. The maximum atomic E-state index is 11.6. The quantitative estimate of drug-likeness (QED) is 0.811. The molecule has 0 aliphatic carbocycles. The van der Waals surface area contributed by atoms with E-state index in [2.05, 4.69) is 14.9 Å². The van der Waals surface area contributed by atoms with Crippen LogP contribution in [0.25, 0.3) is 0 Å². The minimum Gasteiger partial charge on any atom is -0.369 e. The van der Waals surface area contributed by atoms with Crippen LogP contribution in [0.2, 0.25) is 0 Å². The molecule has 8 nitrogen and oxygen atoms in total. The van der Waals surface area contributed by atoms with Gasteiger partial charge in [-0.3, -0.25) is 9.69 Å². The molecule has 2 fully saturated rings. The van der Waals surface area contributed by atoms with E-state index in [-0.39, 0.29) is 11.7 Å². The number of morpholine rings is 1. The predicted molar refractivity (Wildman–Crippen MR) is 89.3 cm³/mol. The van der Waals surface area contributed by atoms with Gasteiger partial charge in [-0.15, -0.1) is 0 Å². The van der Waals surface area contributed by atoms with Gasteiger partial charge in [0.1, 0.15) is 11.9 Å². The molecule has 3 heterocycles. The summed E-state index contributed by atoms with van der Waals surface area (Å²) >= 11 is 0. The van der Waals surface area contributed by atoms with Crippen LogP contribution in [0.3, 0.4) is 0 Å². The molecule has 1 N–H and O–H groups in total. The summed E-state index contributed by atoms with van der Waals surface area (Å²) in [5.41, 5.74) is 0.495. The topological polar surface area (TPSA) is 95.6 Å². The maximum Gasteiger partial charge on any atom is 0.251 e. The third-order valence-corrected chi connectivity index (χ3v) is 6.02. The van der Waals surface area contributed by atoms with E-state index in [0.29, 0.717) is 43.8 Å². The van der Waals surface area contributed by atoms with Crippen molar-refractivity contribution in [3.63, 3.8) is 0 Å². The van der Waals surface area contributed by atoms with Crippen molar-refractivity contribution in [3.8, 4) is 0 Å². The number of nitrogens with one attached hydrogen (secondary N) is 1. The van der Waals surface area contributed by atoms with E-state index in [1.807, 2.05) is 0 Å². The molecule has 0 spiro atoms. The van der Waals surface area contributed by atoms with Gasteiger partial charge in [-0.1, -0.05) is 0 Å². The molecule has 9 heteroatoms. The maximum absolute atomic E-state index is 11.6. The number of aromatic amines is 1. The Hall–Kier alpha value is -1.29. The molecule has 0 amide bonds. The highest BCUT2D eigenvalue weighted by atomic mass is 32.2. The summed E-state index contributed by atoms with van der Waals surface area (Å²) in [5.74, 6) is 0.583. The first-order chi connectivity index (χ1) is 11.3. The first-order valence-electron chi connectivity index (χ1n) is 8.21. The first-order valence-corrected chi connectivity index (χ1v) is 10.1. The normalized spacial score (nSPS) is 25.0. The van der Waals surface area contributed by atoms with Gasteiger partial charge in [0.15, 0.2) is 0 Å². The van der Waals surface area contributed by atoms with Crippen LogP contribution in [0.15, 0.2) is 10.9 Å². The Labute approximate surface area is 141 Å². The number of piperidine rings is 1. The van der Waals surface area contributed by atoms with Crippen molar-refractivity contribution in [2.75, 3.05) is 39.0 Å². The van der Waals surface area contributed by atoms with Gasteiger partial charge in [0, 0.05) is 38.3 Å². The third-order valence-electron chi connectivity index (χ3n) is 4.72. The lowest BCUT2D eigenvalue weighted by molar-refractivity contribution is -0.0529. The van der Waals surface area contributed by atoms with Crippen LogP contribution in [-0.4, -0.2) is 72.7 Å². The second kappa shape index (κ2) is 6.91. The van der Waals surface area contributed by atoms with E-state index < -0.39 is 10.0 Å². The molecule has 2 aliphatic heterocycles. The molecule has 0 bridgehead atoms. The van der Waals surface area contributed by atoms with Crippen LogP contribution < -0.4 is 5.56 Å². The summed E-state index contributed by atoms with van der Waals surface area (Å²) in [7, 11) is -3.10. The van der Waals surface area contributed by atoms with E-state index in [1.54, 1.807) is 11.2 Å². The highest BCUT2D eigenvalue weighted by Gasteiger charge is 2.32. The monoisotopic (exact) mass is 356 g/mol. The van der Waals surface area contributed by atoms with E-state index in [4.69, 9.17) is 4.74 Å². The number of ether oxygens (including phenoxy) is 1. The standard InChI is InChI=1S/C15H24N4O4S/c1-11-16-13(9-15(20)17-11)14-10-18(7-8-23-14)12-3-5-19(6-4-12)24(2,21)22/h9,12,14H,3-8,10H2,1-2H3,(H,16,17,20)/t14-/m1/s1. The lowest BCUT2D eigenvalue weighted by Crippen LogP contribution is -2.50. The molecule has 134 valence electrons. The lowest BCUT2D eigenvalue weighted by Gasteiger charge is -2.41. The van der Waals surface area contributed by atoms with E-state index in [9.17, 15) is 13.2 Å². The molecule has 0 unspecified atom stereocenters. The fourth-order valence-corrected chi connectivity index (χ4v) is 4.36. The third kappa shape index (κ3) is 4.02. The SMILES string of the molecule is Cc1nc([C@H]2CN(C3CCN(S(C)(=O)=O)CC3)CCO2)cc(=O)[nH]1. The molecule has 0 aromatic carbocycles. The van der Waals surface area contributed by atoms with E-state index in [0.717, 1.165) is 19.4 Å². The number of rotatable bonds is 3. The molecule has 1 aromatic heterocycles. The van der Waals surface area contributed by atoms with Crippen molar-refractivity contribution in [2.45, 2.75) is 31.9 Å². The highest BCUT2D eigenvalue weighted by Crippen LogP contribution is 2.25. The zero-order chi connectivity index (χ0) is 17.3. The number of nitrogens with zero attached hydrogens (tertiary/aromatic N) is 3. The Bertz CT molecular complexity index is 740. The molecule has 0 radical (unpaired) electrons. The van der Waals surface area contributed by atoms with E-state index >= 15 is 0 Å². The number of hydrogen-bond donors (Lipinski definition) is 1. The summed E-state index contributed by atoms with van der Waals surface area (Å²) in [6, 6.07) is 1.84. The summed E-state index contributed by atoms with van der Waals surface area (Å²) in [4.78, 5) is 21.0. The van der Waals surface area contributed by atoms with Gasteiger partial charge in [-0.05, 0) is 19.8 Å². The Kier molecular flexibility index (Phi) is 5.05. The van der Waals surface area contributed by atoms with Crippen LogP contribution in [-0.2, 0) is 14.8 Å². The van der Waals surface area contributed by atoms with Crippen molar-refractivity contribution in [2.24, 2.45) is 0 Å². The second-order valence-corrected chi connectivity index (χ2v) is 8.49. The zero-order valence-electron chi connectivity index (χ0n) is 14.1. The fourth-order valence-electron chi connectivity index (χ4n) is 3.49. The Balaban J connectivity index is 1.65. The molecule has 2 saturated heterocycles. The molecule has 24 heavy (non-hydrogen) atoms. The number of H-pyrrole nitrogens is 1. The lowest BCUT2D eigenvalue weighted by atomic mass is 10.0. The molecule has 3 rings (SSSR count). The van der Waals surface area contributed by atoms with Crippen LogP contribution in [0.5, 0.6) is 0 Å². The minimum absolute atomic E-state index is 0.167. The smallest absolute Gasteiger partial charge is 0.251 e. The molecule has 0 saturated carbocycles. The van der Waals surface area contributed by atoms with Gasteiger partial charge in [0.2, 0.25) is 10.0 Å². The molecule has 1 atom stereocenters. The van der Waals surface area contributed by atoms with Crippen LogP contribution in [0, 0.1) is 6.92 Å². The minimum atomic E-state index is -3.10. The van der Waals surface area contributed by atoms with Crippen LogP contribution in [0.1, 0.15) is 30.5 Å². The van der Waals surface area contributed by atoms with Crippen LogP contribution >= 0.6 is 0 Å². The number of sulfonamides is 1.